The maximum absolute atomic E-state index is 13.5. The number of fused-ring (bicyclic) bond motifs is 1. The Morgan fingerprint density at radius 2 is 1.81 bits per heavy atom. The standard InChI is InChI=1S/C17H21F2NO/c1-4-6-7-8-21-17-11(3)15(5-2)20-16-10-14(19)13(18)9-12(16)17/h9-10H,4-8H2,1-3H3. The summed E-state index contributed by atoms with van der Waals surface area (Å²) in [7, 11) is 0. The topological polar surface area (TPSA) is 22.1 Å². The lowest BCUT2D eigenvalue weighted by molar-refractivity contribution is 0.307. The van der Waals surface area contributed by atoms with E-state index in [1.54, 1.807) is 0 Å². The minimum absolute atomic E-state index is 0.446. The smallest absolute Gasteiger partial charge is 0.161 e. The SMILES string of the molecule is CCCCCOc1c(C)c(CC)nc2cc(F)c(F)cc12. The summed E-state index contributed by atoms with van der Waals surface area (Å²) in [6.45, 7) is 6.61. The molecule has 114 valence electrons. The van der Waals surface area contributed by atoms with Gasteiger partial charge < -0.3 is 4.74 Å². The van der Waals surface area contributed by atoms with Gasteiger partial charge in [-0.25, -0.2) is 8.78 Å². The van der Waals surface area contributed by atoms with Gasteiger partial charge in [0.1, 0.15) is 5.75 Å². The minimum Gasteiger partial charge on any atom is -0.493 e. The predicted molar refractivity (Wildman–Crippen MR) is 80.8 cm³/mol. The van der Waals surface area contributed by atoms with Crippen molar-refractivity contribution in [3.05, 3.63) is 35.0 Å². The first-order valence-corrected chi connectivity index (χ1v) is 7.49. The van der Waals surface area contributed by atoms with E-state index in [1.807, 2.05) is 13.8 Å². The van der Waals surface area contributed by atoms with Crippen LogP contribution in [0.3, 0.4) is 0 Å². The van der Waals surface area contributed by atoms with Crippen LogP contribution in [0.4, 0.5) is 8.78 Å². The Hall–Kier alpha value is -1.71. The number of halogens is 2. The zero-order valence-corrected chi connectivity index (χ0v) is 12.8. The number of aryl methyl sites for hydroxylation is 1. The molecule has 0 aliphatic rings. The second-order valence-electron chi connectivity index (χ2n) is 5.21. The van der Waals surface area contributed by atoms with E-state index in [2.05, 4.69) is 11.9 Å². The van der Waals surface area contributed by atoms with Crippen molar-refractivity contribution in [3.63, 3.8) is 0 Å². The number of unbranched alkanes of at least 4 members (excludes halogenated alkanes) is 2. The maximum atomic E-state index is 13.5. The van der Waals surface area contributed by atoms with E-state index >= 15 is 0 Å². The third-order valence-corrected chi connectivity index (χ3v) is 3.64. The minimum atomic E-state index is -0.877. The van der Waals surface area contributed by atoms with Crippen molar-refractivity contribution in [2.45, 2.75) is 46.5 Å². The molecule has 2 nitrogen and oxygen atoms in total. The fourth-order valence-electron chi connectivity index (χ4n) is 2.43. The van der Waals surface area contributed by atoms with Crippen molar-refractivity contribution >= 4 is 10.9 Å². The van der Waals surface area contributed by atoms with Crippen LogP contribution in [0.15, 0.2) is 12.1 Å². The molecule has 1 aromatic heterocycles. The van der Waals surface area contributed by atoms with Gasteiger partial charge in [-0.2, -0.15) is 0 Å². The first-order valence-electron chi connectivity index (χ1n) is 7.49. The Bertz CT molecular complexity index is 640. The molecule has 21 heavy (non-hydrogen) atoms. The second kappa shape index (κ2) is 6.83. The van der Waals surface area contributed by atoms with Crippen molar-refractivity contribution in [3.8, 4) is 5.75 Å². The van der Waals surface area contributed by atoms with Crippen LogP contribution in [-0.2, 0) is 6.42 Å². The average molecular weight is 293 g/mol. The normalized spacial score (nSPS) is 11.1. The second-order valence-corrected chi connectivity index (χ2v) is 5.21. The van der Waals surface area contributed by atoms with Crippen LogP contribution in [0.1, 0.15) is 44.4 Å². The zero-order valence-electron chi connectivity index (χ0n) is 12.8. The van der Waals surface area contributed by atoms with E-state index in [1.165, 1.54) is 6.07 Å². The van der Waals surface area contributed by atoms with Crippen molar-refractivity contribution in [1.82, 2.24) is 4.98 Å². The van der Waals surface area contributed by atoms with Gasteiger partial charge in [0.15, 0.2) is 11.6 Å². The summed E-state index contributed by atoms with van der Waals surface area (Å²) in [6.07, 6.45) is 3.88. The molecule has 0 amide bonds. The fourth-order valence-corrected chi connectivity index (χ4v) is 2.43. The molecular formula is C17H21F2NO. The molecule has 0 unspecified atom stereocenters. The molecule has 0 aliphatic heterocycles. The summed E-state index contributed by atoms with van der Waals surface area (Å²) in [5, 5.41) is 0.542. The van der Waals surface area contributed by atoms with E-state index in [9.17, 15) is 8.78 Å². The zero-order chi connectivity index (χ0) is 15.4. The van der Waals surface area contributed by atoms with Crippen LogP contribution in [0, 0.1) is 18.6 Å². The van der Waals surface area contributed by atoms with Gasteiger partial charge in [-0.1, -0.05) is 26.7 Å². The number of pyridine rings is 1. The van der Waals surface area contributed by atoms with E-state index in [4.69, 9.17) is 4.74 Å². The van der Waals surface area contributed by atoms with E-state index < -0.39 is 11.6 Å². The molecular weight excluding hydrogens is 272 g/mol. The highest BCUT2D eigenvalue weighted by Crippen LogP contribution is 2.32. The molecule has 0 bridgehead atoms. The number of ether oxygens (including phenoxy) is 1. The van der Waals surface area contributed by atoms with Crippen LogP contribution in [0.2, 0.25) is 0 Å². The number of hydrogen-bond donors (Lipinski definition) is 0. The van der Waals surface area contributed by atoms with Gasteiger partial charge in [-0.3, -0.25) is 4.98 Å². The molecule has 0 atom stereocenters. The summed E-state index contributed by atoms with van der Waals surface area (Å²) in [4.78, 5) is 4.41. The molecule has 0 N–H and O–H groups in total. The van der Waals surface area contributed by atoms with Gasteiger partial charge in [-0.15, -0.1) is 0 Å². The molecule has 1 heterocycles. The van der Waals surface area contributed by atoms with Crippen LogP contribution in [-0.4, -0.2) is 11.6 Å². The predicted octanol–water partition coefficient (Wildman–Crippen LogP) is 4.95. The van der Waals surface area contributed by atoms with Crippen molar-refractivity contribution in [1.29, 1.82) is 0 Å². The van der Waals surface area contributed by atoms with E-state index in [0.29, 0.717) is 23.3 Å². The van der Waals surface area contributed by atoms with Crippen molar-refractivity contribution in [2.75, 3.05) is 6.61 Å². The Morgan fingerprint density at radius 1 is 1.10 bits per heavy atom. The van der Waals surface area contributed by atoms with Crippen molar-refractivity contribution in [2.24, 2.45) is 0 Å². The molecule has 4 heteroatoms. The Morgan fingerprint density at radius 3 is 2.48 bits per heavy atom. The number of benzene rings is 1. The number of hydrogen-bond acceptors (Lipinski definition) is 2. The number of rotatable bonds is 6. The summed E-state index contributed by atoms with van der Waals surface area (Å²) in [6, 6.07) is 2.32. The highest BCUT2D eigenvalue weighted by molar-refractivity contribution is 5.87. The lowest BCUT2D eigenvalue weighted by Gasteiger charge is -2.15. The van der Waals surface area contributed by atoms with Crippen molar-refractivity contribution < 1.29 is 13.5 Å². The average Bonchev–Trinajstić information content (AvgIpc) is 2.47. The molecule has 0 fully saturated rings. The van der Waals surface area contributed by atoms with Crippen LogP contribution in [0.25, 0.3) is 10.9 Å². The highest BCUT2D eigenvalue weighted by atomic mass is 19.2. The Labute approximate surface area is 124 Å². The summed E-state index contributed by atoms with van der Waals surface area (Å²) in [5.74, 6) is -1.11. The lowest BCUT2D eigenvalue weighted by atomic mass is 10.1. The van der Waals surface area contributed by atoms with E-state index in [-0.39, 0.29) is 0 Å². The monoisotopic (exact) mass is 293 g/mol. The number of nitrogens with zero attached hydrogens (tertiary/aromatic N) is 1. The Balaban J connectivity index is 2.48. The first kappa shape index (κ1) is 15.7. The van der Waals surface area contributed by atoms with Crippen LogP contribution >= 0.6 is 0 Å². The molecule has 0 aliphatic carbocycles. The summed E-state index contributed by atoms with van der Waals surface area (Å²) < 4.78 is 32.8. The first-order chi connectivity index (χ1) is 10.1. The van der Waals surface area contributed by atoms with Crippen LogP contribution in [0.5, 0.6) is 5.75 Å². The van der Waals surface area contributed by atoms with Gasteiger partial charge in [0.05, 0.1) is 12.1 Å². The van der Waals surface area contributed by atoms with Gasteiger partial charge in [0.2, 0.25) is 0 Å². The largest absolute Gasteiger partial charge is 0.493 e. The molecule has 2 rings (SSSR count). The molecule has 1 aromatic carbocycles. The fraction of sp³-hybridized carbons (Fsp3) is 0.471. The molecule has 0 radical (unpaired) electrons. The van der Waals surface area contributed by atoms with Crippen LogP contribution < -0.4 is 4.74 Å². The van der Waals surface area contributed by atoms with E-state index in [0.717, 1.165) is 43.0 Å². The molecule has 0 spiro atoms. The third-order valence-electron chi connectivity index (χ3n) is 3.64. The maximum Gasteiger partial charge on any atom is 0.161 e. The highest BCUT2D eigenvalue weighted by Gasteiger charge is 2.15. The lowest BCUT2D eigenvalue weighted by Crippen LogP contribution is -2.04. The molecule has 0 saturated heterocycles. The Kier molecular flexibility index (Phi) is 5.10. The van der Waals surface area contributed by atoms with Gasteiger partial charge >= 0.3 is 0 Å². The third kappa shape index (κ3) is 3.31. The summed E-state index contributed by atoms with van der Waals surface area (Å²) in [5.41, 5.74) is 2.22. The quantitative estimate of drug-likeness (QED) is 0.703. The van der Waals surface area contributed by atoms with Gasteiger partial charge in [0, 0.05) is 22.7 Å². The number of aromatic nitrogens is 1. The van der Waals surface area contributed by atoms with Gasteiger partial charge in [-0.05, 0) is 25.8 Å². The molecule has 2 aromatic rings. The van der Waals surface area contributed by atoms with Gasteiger partial charge in [0.25, 0.3) is 0 Å². The summed E-state index contributed by atoms with van der Waals surface area (Å²) >= 11 is 0. The molecule has 0 saturated carbocycles.